The van der Waals surface area contributed by atoms with Crippen molar-refractivity contribution in [2.75, 3.05) is 5.32 Å². The maximum Gasteiger partial charge on any atom is 0.235 e. The Balaban J connectivity index is 1.88. The second kappa shape index (κ2) is 6.43. The van der Waals surface area contributed by atoms with Crippen LogP contribution in [-0.4, -0.2) is 14.7 Å². The third-order valence-corrected chi connectivity index (χ3v) is 7.29. The summed E-state index contributed by atoms with van der Waals surface area (Å²) in [4.78, 5) is 12.7. The predicted molar refractivity (Wildman–Crippen MR) is 103 cm³/mol. The smallest absolute Gasteiger partial charge is 0.235 e. The van der Waals surface area contributed by atoms with E-state index >= 15 is 0 Å². The summed E-state index contributed by atoms with van der Waals surface area (Å²) in [7, 11) is 0. The van der Waals surface area contributed by atoms with E-state index in [2.05, 4.69) is 36.0 Å². The summed E-state index contributed by atoms with van der Waals surface area (Å²) in [6, 6.07) is 4.32. The van der Waals surface area contributed by atoms with Crippen LogP contribution in [0.25, 0.3) is 0 Å². The molecule has 142 valence electrons. The molecule has 1 aromatic rings. The lowest BCUT2D eigenvalue weighted by molar-refractivity contribution is -0.123. The van der Waals surface area contributed by atoms with Gasteiger partial charge >= 0.3 is 0 Å². The zero-order chi connectivity index (χ0) is 18.5. The minimum Gasteiger partial charge on any atom is -0.325 e. The van der Waals surface area contributed by atoms with Gasteiger partial charge in [0.15, 0.2) is 0 Å². The van der Waals surface area contributed by atoms with Gasteiger partial charge in [0.05, 0.1) is 11.0 Å². The Morgan fingerprint density at radius 3 is 2.35 bits per heavy atom. The van der Waals surface area contributed by atoms with E-state index in [9.17, 15) is 13.6 Å². The van der Waals surface area contributed by atoms with Gasteiger partial charge in [-0.25, -0.2) is 8.93 Å². The second-order valence-electron chi connectivity index (χ2n) is 8.53. The van der Waals surface area contributed by atoms with Gasteiger partial charge in [0.1, 0.15) is 0 Å². The number of amides is 1. The largest absolute Gasteiger partial charge is 0.325 e. The number of rotatable bonds is 4. The van der Waals surface area contributed by atoms with Crippen LogP contribution >= 0.6 is 0 Å². The highest BCUT2D eigenvalue weighted by atomic mass is 32.2. The van der Waals surface area contributed by atoms with Crippen molar-refractivity contribution in [3.63, 3.8) is 0 Å². The number of benzene rings is 1. The van der Waals surface area contributed by atoms with Crippen LogP contribution in [0.1, 0.15) is 87.8 Å². The molecule has 1 heterocycles. The van der Waals surface area contributed by atoms with Gasteiger partial charge in [-0.2, -0.15) is 0 Å². The Kier molecular flexibility index (Phi) is 4.48. The molecule has 2 aliphatic carbocycles. The van der Waals surface area contributed by atoms with E-state index in [0.29, 0.717) is 0 Å². The molecule has 2 saturated carbocycles. The molecular formula is C20H28N2O3S. The molecule has 6 heteroatoms. The first-order valence-corrected chi connectivity index (χ1v) is 10.9. The Bertz CT molecular complexity index is 765. The molecule has 0 radical (unpaired) electrons. The molecule has 4 rings (SSSR count). The first-order valence-electron chi connectivity index (χ1n) is 9.77. The van der Waals surface area contributed by atoms with Crippen molar-refractivity contribution in [2.24, 2.45) is 0 Å². The zero-order valence-corrected chi connectivity index (χ0v) is 16.4. The van der Waals surface area contributed by atoms with E-state index in [0.717, 1.165) is 73.7 Å². The highest BCUT2D eigenvalue weighted by molar-refractivity contribution is 7.77. The van der Waals surface area contributed by atoms with Crippen molar-refractivity contribution < 1.29 is 13.6 Å². The Hall–Kier alpha value is -1.24. The molecule has 1 atom stereocenters. The molecule has 1 aliphatic heterocycles. The maximum atomic E-state index is 12.7. The van der Waals surface area contributed by atoms with Gasteiger partial charge in [0.2, 0.25) is 17.2 Å². The van der Waals surface area contributed by atoms with Crippen LogP contribution in [-0.2, 0) is 27.0 Å². The zero-order valence-electron chi connectivity index (χ0n) is 15.6. The van der Waals surface area contributed by atoms with E-state index in [1.807, 2.05) is 0 Å². The Labute approximate surface area is 157 Å². The number of fused-ring (bicyclic) bond motifs is 2. The van der Waals surface area contributed by atoms with E-state index in [1.165, 1.54) is 0 Å². The van der Waals surface area contributed by atoms with Crippen LogP contribution < -0.4 is 10.0 Å². The fourth-order valence-electron chi connectivity index (χ4n) is 5.07. The lowest BCUT2D eigenvalue weighted by atomic mass is 9.64. The Morgan fingerprint density at radius 1 is 1.12 bits per heavy atom. The molecule has 0 saturated heterocycles. The summed E-state index contributed by atoms with van der Waals surface area (Å²) in [5.41, 5.74) is 3.47. The summed E-state index contributed by atoms with van der Waals surface area (Å²) in [6.07, 6.45) is 7.83. The molecule has 1 aromatic carbocycles. The highest BCUT2D eigenvalue weighted by Crippen LogP contribution is 2.54. The average Bonchev–Trinajstić information content (AvgIpc) is 2.85. The monoisotopic (exact) mass is 376 g/mol. The van der Waals surface area contributed by atoms with Crippen molar-refractivity contribution >= 4 is 22.9 Å². The van der Waals surface area contributed by atoms with Crippen LogP contribution in [0, 0.1) is 0 Å². The molecule has 1 spiro atoms. The third-order valence-electron chi connectivity index (χ3n) is 6.73. The van der Waals surface area contributed by atoms with Crippen molar-refractivity contribution in [1.82, 2.24) is 4.72 Å². The maximum absolute atomic E-state index is 12.7. The van der Waals surface area contributed by atoms with Crippen LogP contribution in [0.4, 0.5) is 5.69 Å². The Morgan fingerprint density at radius 2 is 1.81 bits per heavy atom. The summed E-state index contributed by atoms with van der Waals surface area (Å²) in [6.45, 7) is 4.28. The van der Waals surface area contributed by atoms with Crippen molar-refractivity contribution in [3.05, 3.63) is 28.8 Å². The lowest BCUT2D eigenvalue weighted by Gasteiger charge is -2.40. The molecule has 0 aromatic heterocycles. The summed E-state index contributed by atoms with van der Waals surface area (Å²) < 4.78 is 24.2. The van der Waals surface area contributed by atoms with Crippen molar-refractivity contribution in [1.29, 1.82) is 0 Å². The van der Waals surface area contributed by atoms with Crippen LogP contribution in [0.3, 0.4) is 0 Å². The number of carbonyl (C=O) groups is 1. The summed E-state index contributed by atoms with van der Waals surface area (Å²) in [5, 5.41) is 3.15. The van der Waals surface area contributed by atoms with E-state index in [1.54, 1.807) is 0 Å². The standard InChI is InChI=1S/C20H28N2O3S/c1-13(2)15-11-14(20(22-26(24)25)9-4-3-5-10-20)12-16-17(15)21-18(23)19(16)7-6-8-19/h11-13,22H,3-10H2,1-2H3,(H,21,23)(H,24,25). The molecule has 5 nitrogen and oxygen atoms in total. The van der Waals surface area contributed by atoms with E-state index in [4.69, 9.17) is 0 Å². The van der Waals surface area contributed by atoms with Crippen LogP contribution in [0.2, 0.25) is 0 Å². The molecular weight excluding hydrogens is 348 g/mol. The van der Waals surface area contributed by atoms with Gasteiger partial charge in [-0.15, -0.1) is 0 Å². The van der Waals surface area contributed by atoms with Gasteiger partial charge in [0.25, 0.3) is 0 Å². The topological polar surface area (TPSA) is 78.4 Å². The SMILES string of the molecule is CC(C)c1cc(C2(NS(=O)O)CCCCC2)cc2c1NC(=O)C21CCC1. The molecule has 1 unspecified atom stereocenters. The summed E-state index contributed by atoms with van der Waals surface area (Å²) in [5.74, 6) is 0.411. The van der Waals surface area contributed by atoms with Gasteiger partial charge in [-0.05, 0) is 48.3 Å². The average molecular weight is 377 g/mol. The number of hydrogen-bond acceptors (Lipinski definition) is 2. The fourth-order valence-corrected chi connectivity index (χ4v) is 5.72. The molecule has 1 amide bonds. The minimum atomic E-state index is -2.07. The molecule has 3 aliphatic rings. The quantitative estimate of drug-likeness (QED) is 0.693. The number of carbonyl (C=O) groups excluding carboxylic acids is 1. The first kappa shape index (κ1) is 18.1. The summed E-state index contributed by atoms with van der Waals surface area (Å²) >= 11 is -2.07. The molecule has 26 heavy (non-hydrogen) atoms. The molecule has 0 bridgehead atoms. The second-order valence-corrected chi connectivity index (χ2v) is 9.23. The third kappa shape index (κ3) is 2.65. The fraction of sp³-hybridized carbons (Fsp3) is 0.650. The number of nitrogens with one attached hydrogen (secondary N) is 2. The van der Waals surface area contributed by atoms with Crippen molar-refractivity contribution in [2.45, 2.75) is 82.1 Å². The van der Waals surface area contributed by atoms with Gasteiger partial charge in [-0.1, -0.05) is 51.7 Å². The van der Waals surface area contributed by atoms with Gasteiger partial charge < -0.3 is 5.32 Å². The van der Waals surface area contributed by atoms with Gasteiger partial charge in [-0.3, -0.25) is 9.35 Å². The normalized spacial score (nSPS) is 24.2. The first-order chi connectivity index (χ1) is 12.4. The van der Waals surface area contributed by atoms with Crippen LogP contribution in [0.5, 0.6) is 0 Å². The van der Waals surface area contributed by atoms with E-state index in [-0.39, 0.29) is 17.2 Å². The molecule has 3 N–H and O–H groups in total. The van der Waals surface area contributed by atoms with Crippen molar-refractivity contribution in [3.8, 4) is 0 Å². The predicted octanol–water partition coefficient (Wildman–Crippen LogP) is 4.07. The van der Waals surface area contributed by atoms with Gasteiger partial charge in [0, 0.05) is 5.69 Å². The lowest BCUT2D eigenvalue weighted by Crippen LogP contribution is -2.45. The molecule has 2 fully saturated rings. The number of anilines is 1. The van der Waals surface area contributed by atoms with Crippen LogP contribution in [0.15, 0.2) is 12.1 Å². The number of hydrogen-bond donors (Lipinski definition) is 3. The highest BCUT2D eigenvalue weighted by Gasteiger charge is 2.52. The minimum absolute atomic E-state index is 0.134. The van der Waals surface area contributed by atoms with E-state index < -0.39 is 16.8 Å².